The van der Waals surface area contributed by atoms with Crippen molar-refractivity contribution in [3.63, 3.8) is 0 Å². The van der Waals surface area contributed by atoms with Gasteiger partial charge in [-0.1, -0.05) is 48.5 Å². The Morgan fingerprint density at radius 2 is 1.63 bits per heavy atom. The zero-order valence-electron chi connectivity index (χ0n) is 10.4. The third-order valence-corrected chi connectivity index (χ3v) is 2.66. The Bertz CT molecular complexity index is 614. The van der Waals surface area contributed by atoms with Crippen molar-refractivity contribution in [3.05, 3.63) is 72.4 Å². The van der Waals surface area contributed by atoms with Gasteiger partial charge in [0.2, 0.25) is 0 Å². The standard InChI is InChI=1S/C8H7N.C8H8O2/c1-2-4-8-7(3-1)5-6-9-8;9-8(10)6-7-4-2-1-3-5-7/h1-6,9H;1-5H,6H2,(H,9,10). The van der Waals surface area contributed by atoms with Gasteiger partial charge >= 0.3 is 5.97 Å². The lowest BCUT2D eigenvalue weighted by Gasteiger charge is -1.92. The molecule has 0 aliphatic carbocycles. The highest BCUT2D eigenvalue weighted by atomic mass is 16.4. The zero-order valence-corrected chi connectivity index (χ0v) is 10.4. The molecule has 3 nitrogen and oxygen atoms in total. The van der Waals surface area contributed by atoms with Gasteiger partial charge in [0.25, 0.3) is 0 Å². The summed E-state index contributed by atoms with van der Waals surface area (Å²) in [5.41, 5.74) is 2.05. The van der Waals surface area contributed by atoms with Gasteiger partial charge in [-0.15, -0.1) is 0 Å². The molecule has 2 N–H and O–H groups in total. The van der Waals surface area contributed by atoms with Gasteiger partial charge in [-0.05, 0) is 23.1 Å². The maximum absolute atomic E-state index is 10.2. The van der Waals surface area contributed by atoms with Crippen LogP contribution in [-0.2, 0) is 11.2 Å². The smallest absolute Gasteiger partial charge is 0.307 e. The van der Waals surface area contributed by atoms with Crippen molar-refractivity contribution in [2.24, 2.45) is 0 Å². The van der Waals surface area contributed by atoms with E-state index in [9.17, 15) is 4.79 Å². The van der Waals surface area contributed by atoms with E-state index in [4.69, 9.17) is 5.11 Å². The summed E-state index contributed by atoms with van der Waals surface area (Å²) in [7, 11) is 0. The molecule has 0 unspecified atom stereocenters. The third kappa shape index (κ3) is 4.00. The van der Waals surface area contributed by atoms with Crippen LogP contribution in [-0.4, -0.2) is 16.1 Å². The summed E-state index contributed by atoms with van der Waals surface area (Å²) in [6, 6.07) is 19.4. The summed E-state index contributed by atoms with van der Waals surface area (Å²) in [5, 5.41) is 9.64. The predicted molar refractivity (Wildman–Crippen MR) is 76.1 cm³/mol. The van der Waals surface area contributed by atoms with E-state index >= 15 is 0 Å². The number of carboxylic acid groups (broad SMARTS) is 1. The molecule has 0 spiro atoms. The Hall–Kier alpha value is -2.55. The van der Waals surface area contributed by atoms with Gasteiger partial charge in [0, 0.05) is 11.7 Å². The third-order valence-electron chi connectivity index (χ3n) is 2.66. The summed E-state index contributed by atoms with van der Waals surface area (Å²) in [6.07, 6.45) is 2.06. The molecule has 19 heavy (non-hydrogen) atoms. The number of hydrogen-bond acceptors (Lipinski definition) is 1. The Kier molecular flexibility index (Phi) is 4.34. The van der Waals surface area contributed by atoms with Crippen molar-refractivity contribution < 1.29 is 9.90 Å². The maximum Gasteiger partial charge on any atom is 0.307 e. The summed E-state index contributed by atoms with van der Waals surface area (Å²) in [5.74, 6) is -0.786. The number of rotatable bonds is 2. The van der Waals surface area contributed by atoms with Crippen molar-refractivity contribution >= 4 is 16.9 Å². The number of fused-ring (bicyclic) bond motifs is 1. The first-order chi connectivity index (χ1) is 9.25. The number of carbonyl (C=O) groups is 1. The topological polar surface area (TPSA) is 53.1 Å². The predicted octanol–water partition coefficient (Wildman–Crippen LogP) is 3.48. The summed E-state index contributed by atoms with van der Waals surface area (Å²) in [6.45, 7) is 0. The van der Waals surface area contributed by atoms with Crippen molar-refractivity contribution in [1.29, 1.82) is 0 Å². The van der Waals surface area contributed by atoms with Crippen LogP contribution in [0.4, 0.5) is 0 Å². The number of carboxylic acids is 1. The van der Waals surface area contributed by atoms with Gasteiger partial charge in [-0.2, -0.15) is 0 Å². The number of aromatic nitrogens is 1. The van der Waals surface area contributed by atoms with Gasteiger partial charge in [0.1, 0.15) is 0 Å². The summed E-state index contributed by atoms with van der Waals surface area (Å²) in [4.78, 5) is 13.3. The van der Waals surface area contributed by atoms with E-state index in [2.05, 4.69) is 23.2 Å². The van der Waals surface area contributed by atoms with Gasteiger partial charge in [-0.25, -0.2) is 0 Å². The Morgan fingerprint density at radius 1 is 0.947 bits per heavy atom. The summed E-state index contributed by atoms with van der Waals surface area (Å²) >= 11 is 0. The number of H-pyrrole nitrogens is 1. The highest BCUT2D eigenvalue weighted by molar-refractivity contribution is 5.78. The molecule has 2 aromatic carbocycles. The molecular weight excluding hydrogens is 238 g/mol. The van der Waals surface area contributed by atoms with Crippen LogP contribution in [0.2, 0.25) is 0 Å². The molecule has 1 heterocycles. The lowest BCUT2D eigenvalue weighted by molar-refractivity contribution is -0.136. The lowest BCUT2D eigenvalue weighted by Crippen LogP contribution is -1.98. The number of benzene rings is 2. The molecule has 0 saturated carbocycles. The molecule has 96 valence electrons. The SMILES string of the molecule is O=C(O)Cc1ccccc1.c1ccc2[nH]ccc2c1. The fraction of sp³-hybridized carbons (Fsp3) is 0.0625. The van der Waals surface area contributed by atoms with E-state index in [1.165, 1.54) is 10.9 Å². The highest BCUT2D eigenvalue weighted by Gasteiger charge is 1.96. The quantitative estimate of drug-likeness (QED) is 0.734. The van der Waals surface area contributed by atoms with E-state index in [0.717, 1.165) is 5.56 Å². The number of aliphatic carboxylic acids is 1. The second-order valence-corrected chi connectivity index (χ2v) is 4.12. The van der Waals surface area contributed by atoms with Crippen molar-refractivity contribution in [2.45, 2.75) is 6.42 Å². The molecule has 0 amide bonds. The van der Waals surface area contributed by atoms with Crippen LogP contribution in [0.25, 0.3) is 10.9 Å². The van der Waals surface area contributed by atoms with Crippen LogP contribution >= 0.6 is 0 Å². The first-order valence-corrected chi connectivity index (χ1v) is 6.03. The number of nitrogens with one attached hydrogen (secondary N) is 1. The molecule has 0 bridgehead atoms. The van der Waals surface area contributed by atoms with Gasteiger partial charge in [0.05, 0.1) is 6.42 Å². The molecule has 3 rings (SSSR count). The fourth-order valence-corrected chi connectivity index (χ4v) is 1.77. The molecule has 0 aliphatic heterocycles. The minimum absolute atomic E-state index is 0.112. The van der Waals surface area contributed by atoms with Crippen molar-refractivity contribution in [2.75, 3.05) is 0 Å². The fourth-order valence-electron chi connectivity index (χ4n) is 1.77. The van der Waals surface area contributed by atoms with Gasteiger partial charge in [0.15, 0.2) is 0 Å². The van der Waals surface area contributed by atoms with Crippen molar-refractivity contribution in [1.82, 2.24) is 4.98 Å². The number of hydrogen-bond donors (Lipinski definition) is 2. The second kappa shape index (κ2) is 6.40. The molecule has 3 aromatic rings. The van der Waals surface area contributed by atoms with Crippen LogP contribution in [0.5, 0.6) is 0 Å². The first kappa shape index (κ1) is 12.9. The van der Waals surface area contributed by atoms with Gasteiger partial charge < -0.3 is 10.1 Å². The van der Waals surface area contributed by atoms with Crippen LogP contribution in [0.3, 0.4) is 0 Å². The minimum atomic E-state index is -0.786. The largest absolute Gasteiger partial charge is 0.481 e. The molecule has 0 saturated heterocycles. The first-order valence-electron chi connectivity index (χ1n) is 6.03. The van der Waals surface area contributed by atoms with Crippen LogP contribution in [0.15, 0.2) is 66.9 Å². The van der Waals surface area contributed by atoms with E-state index < -0.39 is 5.97 Å². The molecule has 0 radical (unpaired) electrons. The van der Waals surface area contributed by atoms with E-state index in [1.54, 1.807) is 12.1 Å². The molecule has 0 fully saturated rings. The van der Waals surface area contributed by atoms with Crippen LogP contribution < -0.4 is 0 Å². The van der Waals surface area contributed by atoms with Crippen LogP contribution in [0, 0.1) is 0 Å². The zero-order chi connectivity index (χ0) is 13.5. The Labute approximate surface area is 111 Å². The maximum atomic E-state index is 10.2. The highest BCUT2D eigenvalue weighted by Crippen LogP contribution is 2.09. The lowest BCUT2D eigenvalue weighted by atomic mass is 10.2. The van der Waals surface area contributed by atoms with Crippen molar-refractivity contribution in [3.8, 4) is 0 Å². The molecule has 3 heteroatoms. The molecule has 1 aromatic heterocycles. The average Bonchev–Trinajstić information content (AvgIpc) is 2.88. The minimum Gasteiger partial charge on any atom is -0.481 e. The Morgan fingerprint density at radius 3 is 2.32 bits per heavy atom. The number of aromatic amines is 1. The average molecular weight is 253 g/mol. The van der Waals surface area contributed by atoms with Crippen LogP contribution in [0.1, 0.15) is 5.56 Å². The van der Waals surface area contributed by atoms with E-state index in [-0.39, 0.29) is 6.42 Å². The normalized spacial score (nSPS) is 9.68. The van der Waals surface area contributed by atoms with E-state index in [0.29, 0.717) is 0 Å². The van der Waals surface area contributed by atoms with E-state index in [1.807, 2.05) is 36.5 Å². The summed E-state index contributed by atoms with van der Waals surface area (Å²) < 4.78 is 0. The monoisotopic (exact) mass is 253 g/mol. The van der Waals surface area contributed by atoms with Gasteiger partial charge in [-0.3, -0.25) is 4.79 Å². The Balaban J connectivity index is 0.000000141. The number of para-hydroxylation sites is 1. The second-order valence-electron chi connectivity index (χ2n) is 4.12. The molecule has 0 atom stereocenters. The molecule has 0 aliphatic rings. The molecular formula is C16H15NO2.